The fraction of sp³-hybridized carbons (Fsp3) is 1.00. The van der Waals surface area contributed by atoms with Crippen LogP contribution in [0.2, 0.25) is 39.3 Å². The SMILES string of the molecule is C[Si](C)(C)[Si](C)(C)C.[Li+].[Li+].[OH-].[OH-]. The van der Waals surface area contributed by atoms with E-state index in [1.807, 2.05) is 0 Å². The molecule has 0 unspecified atom stereocenters. The first-order valence-electron chi connectivity index (χ1n) is 3.25. The van der Waals surface area contributed by atoms with Crippen molar-refractivity contribution in [3.8, 4) is 0 Å². The monoisotopic (exact) mass is 194 g/mol. The van der Waals surface area contributed by atoms with Gasteiger partial charge in [-0.2, -0.15) is 0 Å². The molecule has 0 aliphatic rings. The van der Waals surface area contributed by atoms with Gasteiger partial charge in [0, 0.05) is 15.2 Å². The van der Waals surface area contributed by atoms with E-state index in [0.29, 0.717) is 0 Å². The van der Waals surface area contributed by atoms with Crippen molar-refractivity contribution in [2.75, 3.05) is 0 Å². The Morgan fingerprint density at radius 1 is 0.500 bits per heavy atom. The van der Waals surface area contributed by atoms with Gasteiger partial charge in [0.05, 0.1) is 0 Å². The molecule has 2 N–H and O–H groups in total. The second-order valence-corrected chi connectivity index (χ2v) is 22.5. The molecule has 0 fully saturated rings. The van der Waals surface area contributed by atoms with Crippen LogP contribution < -0.4 is 37.7 Å². The minimum absolute atomic E-state index is 0. The molecule has 66 valence electrons. The van der Waals surface area contributed by atoms with E-state index in [-0.39, 0.29) is 48.7 Å². The van der Waals surface area contributed by atoms with E-state index in [4.69, 9.17) is 0 Å². The van der Waals surface area contributed by atoms with Crippen molar-refractivity contribution >= 4 is 15.2 Å². The average molecular weight is 194 g/mol. The molecule has 0 aliphatic heterocycles. The molecule has 0 saturated carbocycles. The van der Waals surface area contributed by atoms with Gasteiger partial charge in [0.2, 0.25) is 0 Å². The van der Waals surface area contributed by atoms with Crippen LogP contribution in [0.5, 0.6) is 0 Å². The summed E-state index contributed by atoms with van der Waals surface area (Å²) >= 11 is 0. The Bertz CT molecular complexity index is 76.5. The molecule has 0 bridgehead atoms. The Hall–Kier alpha value is 1.55. The van der Waals surface area contributed by atoms with Gasteiger partial charge in [-0.25, -0.2) is 0 Å². The zero-order valence-corrected chi connectivity index (χ0v) is 11.9. The van der Waals surface area contributed by atoms with E-state index in [1.165, 1.54) is 0 Å². The van der Waals surface area contributed by atoms with Gasteiger partial charge in [0.15, 0.2) is 0 Å². The van der Waals surface area contributed by atoms with Crippen molar-refractivity contribution < 1.29 is 48.7 Å². The van der Waals surface area contributed by atoms with Gasteiger partial charge in [-0.15, -0.1) is 0 Å². The predicted octanol–water partition coefficient (Wildman–Crippen LogP) is -3.60. The first kappa shape index (κ1) is 29.2. The van der Waals surface area contributed by atoms with Crippen LogP contribution in [0.3, 0.4) is 0 Å². The van der Waals surface area contributed by atoms with Crippen LogP contribution in [-0.4, -0.2) is 26.1 Å². The predicted molar refractivity (Wildman–Crippen MR) is 50.6 cm³/mol. The van der Waals surface area contributed by atoms with E-state index >= 15 is 0 Å². The molecule has 0 saturated heterocycles. The molecule has 0 aromatic carbocycles. The summed E-state index contributed by atoms with van der Waals surface area (Å²) < 4.78 is 0. The number of rotatable bonds is 1. The second-order valence-electron chi connectivity index (χ2n) is 4.50. The zero-order chi connectivity index (χ0) is 7.00. The maximum atomic E-state index is 2.47. The molecule has 0 atom stereocenters. The van der Waals surface area contributed by atoms with Crippen LogP contribution in [0.4, 0.5) is 0 Å². The molecule has 0 rings (SSSR count). The standard InChI is InChI=1S/C6H18Si2.2Li.2H2O/c1-7(2,3)8(4,5)6;;;;/h1-6H3;;;2*1H2/q;2*+1;;/p-2. The Kier molecular flexibility index (Phi) is 22.2. The quantitative estimate of drug-likeness (QED) is 0.405. The topological polar surface area (TPSA) is 60.0 Å². The van der Waals surface area contributed by atoms with E-state index in [2.05, 4.69) is 39.3 Å². The molecular formula is C6H20Li2O2Si2. The Balaban J connectivity index is -0.0000000408. The minimum Gasteiger partial charge on any atom is -0.870 e. The van der Waals surface area contributed by atoms with Crippen LogP contribution in [0.25, 0.3) is 0 Å². The van der Waals surface area contributed by atoms with E-state index in [1.54, 1.807) is 0 Å². The second kappa shape index (κ2) is 9.12. The van der Waals surface area contributed by atoms with E-state index in [9.17, 15) is 0 Å². The fourth-order valence-corrected chi connectivity index (χ4v) is 0. The van der Waals surface area contributed by atoms with E-state index < -0.39 is 15.2 Å². The summed E-state index contributed by atoms with van der Waals surface area (Å²) in [5, 5.41) is 0. The summed E-state index contributed by atoms with van der Waals surface area (Å²) in [7, 11) is -1.44. The van der Waals surface area contributed by atoms with Gasteiger partial charge < -0.3 is 11.0 Å². The van der Waals surface area contributed by atoms with Crippen molar-refractivity contribution in [2.45, 2.75) is 39.3 Å². The average Bonchev–Trinajstić information content (AvgIpc) is 1.25. The van der Waals surface area contributed by atoms with Crippen molar-refractivity contribution in [3.05, 3.63) is 0 Å². The van der Waals surface area contributed by atoms with Gasteiger partial charge in [0.1, 0.15) is 0 Å². The number of hydrogen-bond donors (Lipinski definition) is 0. The van der Waals surface area contributed by atoms with E-state index in [0.717, 1.165) is 0 Å². The summed E-state index contributed by atoms with van der Waals surface area (Å²) in [5.41, 5.74) is 0. The molecule has 6 heteroatoms. The Morgan fingerprint density at radius 2 is 0.583 bits per heavy atom. The third-order valence-corrected chi connectivity index (χ3v) is 20.2. The largest absolute Gasteiger partial charge is 1.00 e. The summed E-state index contributed by atoms with van der Waals surface area (Å²) in [6.45, 7) is 14.8. The first-order valence-corrected chi connectivity index (χ1v) is 11.2. The van der Waals surface area contributed by atoms with Gasteiger partial charge in [-0.3, -0.25) is 0 Å². The van der Waals surface area contributed by atoms with Gasteiger partial charge in [-0.05, 0) is 0 Å². The summed E-state index contributed by atoms with van der Waals surface area (Å²) in [4.78, 5) is 0. The normalized spacial score (nSPS) is 9.50. The molecule has 0 amide bonds. The zero-order valence-electron chi connectivity index (χ0n) is 9.89. The minimum atomic E-state index is -0.720. The molecule has 0 aromatic rings. The summed E-state index contributed by atoms with van der Waals surface area (Å²) in [6, 6.07) is 0. The van der Waals surface area contributed by atoms with Crippen LogP contribution >= 0.6 is 0 Å². The third-order valence-electron chi connectivity index (χ3n) is 2.25. The van der Waals surface area contributed by atoms with Crippen molar-refractivity contribution in [3.63, 3.8) is 0 Å². The Labute approximate surface area is 103 Å². The van der Waals surface area contributed by atoms with Crippen molar-refractivity contribution in [2.24, 2.45) is 0 Å². The van der Waals surface area contributed by atoms with Crippen LogP contribution in [0.1, 0.15) is 0 Å². The summed E-state index contributed by atoms with van der Waals surface area (Å²) in [5.74, 6) is 0. The number of hydrogen-bond acceptors (Lipinski definition) is 2. The fourth-order valence-electron chi connectivity index (χ4n) is 0. The van der Waals surface area contributed by atoms with Crippen molar-refractivity contribution in [1.29, 1.82) is 0 Å². The maximum Gasteiger partial charge on any atom is 1.00 e. The Morgan fingerprint density at radius 3 is 0.583 bits per heavy atom. The van der Waals surface area contributed by atoms with Gasteiger partial charge in [0.25, 0.3) is 0 Å². The van der Waals surface area contributed by atoms with Crippen LogP contribution in [-0.2, 0) is 0 Å². The molecule has 0 radical (unpaired) electrons. The maximum absolute atomic E-state index is 2.47. The van der Waals surface area contributed by atoms with Gasteiger partial charge in [-0.1, -0.05) is 39.3 Å². The van der Waals surface area contributed by atoms with Gasteiger partial charge >= 0.3 is 37.7 Å². The smallest absolute Gasteiger partial charge is 0.870 e. The molecular weight excluding hydrogens is 174 g/mol. The van der Waals surface area contributed by atoms with Crippen LogP contribution in [0, 0.1) is 0 Å². The summed E-state index contributed by atoms with van der Waals surface area (Å²) in [6.07, 6.45) is 0. The first-order chi connectivity index (χ1) is 3.25. The van der Waals surface area contributed by atoms with Crippen molar-refractivity contribution in [1.82, 2.24) is 0 Å². The molecule has 0 spiro atoms. The third kappa shape index (κ3) is 11.5. The molecule has 0 aromatic heterocycles. The molecule has 12 heavy (non-hydrogen) atoms. The molecule has 0 heterocycles. The molecule has 2 nitrogen and oxygen atoms in total. The van der Waals surface area contributed by atoms with Crippen LogP contribution in [0.15, 0.2) is 0 Å². The molecule has 0 aliphatic carbocycles.